The molecule has 0 atom stereocenters. The summed E-state index contributed by atoms with van der Waals surface area (Å²) in [5.74, 6) is -1.59. The van der Waals surface area contributed by atoms with Crippen molar-refractivity contribution in [3.63, 3.8) is 0 Å². The van der Waals surface area contributed by atoms with E-state index >= 15 is 0 Å². The van der Waals surface area contributed by atoms with E-state index in [1.165, 1.54) is 76.3 Å². The zero-order chi connectivity index (χ0) is 23.2. The Morgan fingerprint density at radius 1 is 0.844 bits per heavy atom. The van der Waals surface area contributed by atoms with Gasteiger partial charge in [-0.15, -0.1) is 0 Å². The van der Waals surface area contributed by atoms with E-state index < -0.39 is 18.7 Å². The number of hydrogen-bond donors (Lipinski definition) is 0. The SMILES string of the molecule is CCC[C@H]1CC[C@H]([C@H]2CC[C@H](C=Cc3ccc(OCC(F)(F)C(F)(F)F)cc3)CC2)CC1. The Kier molecular flexibility index (Phi) is 8.62. The third-order valence-corrected chi connectivity index (χ3v) is 7.35. The van der Waals surface area contributed by atoms with E-state index in [-0.39, 0.29) is 5.75 Å². The van der Waals surface area contributed by atoms with Gasteiger partial charge in [0.15, 0.2) is 6.61 Å². The molecular formula is C26H35F5O. The van der Waals surface area contributed by atoms with E-state index in [1.807, 2.05) is 6.08 Å². The van der Waals surface area contributed by atoms with Gasteiger partial charge < -0.3 is 4.74 Å². The molecule has 6 heteroatoms. The molecule has 0 N–H and O–H groups in total. The van der Waals surface area contributed by atoms with Gasteiger partial charge in [-0.05, 0) is 79.9 Å². The Hall–Kier alpha value is -1.59. The van der Waals surface area contributed by atoms with Crippen molar-refractivity contribution in [2.45, 2.75) is 83.2 Å². The molecule has 2 fully saturated rings. The topological polar surface area (TPSA) is 9.23 Å². The highest BCUT2D eigenvalue weighted by molar-refractivity contribution is 5.50. The summed E-state index contributed by atoms with van der Waals surface area (Å²) in [7, 11) is 0. The second-order valence-electron chi connectivity index (χ2n) is 9.66. The van der Waals surface area contributed by atoms with Crippen LogP contribution in [0.25, 0.3) is 6.08 Å². The zero-order valence-corrected chi connectivity index (χ0v) is 18.8. The summed E-state index contributed by atoms with van der Waals surface area (Å²) in [5, 5.41) is 0. The average molecular weight is 459 g/mol. The fourth-order valence-corrected chi connectivity index (χ4v) is 5.34. The molecule has 0 unspecified atom stereocenters. The number of alkyl halides is 5. The minimum absolute atomic E-state index is 0.000223. The number of benzene rings is 1. The lowest BCUT2D eigenvalue weighted by atomic mass is 9.68. The monoisotopic (exact) mass is 458 g/mol. The van der Waals surface area contributed by atoms with Crippen LogP contribution < -0.4 is 4.74 Å². The number of ether oxygens (including phenoxy) is 1. The molecular weight excluding hydrogens is 423 g/mol. The summed E-state index contributed by atoms with van der Waals surface area (Å²) < 4.78 is 67.2. The first-order valence-electron chi connectivity index (χ1n) is 12.0. The molecule has 2 aliphatic rings. The molecule has 0 bridgehead atoms. The second-order valence-corrected chi connectivity index (χ2v) is 9.66. The van der Waals surface area contributed by atoms with Gasteiger partial charge in [0.25, 0.3) is 0 Å². The van der Waals surface area contributed by atoms with Crippen LogP contribution >= 0.6 is 0 Å². The van der Waals surface area contributed by atoms with Crippen molar-refractivity contribution in [2.24, 2.45) is 23.7 Å². The number of allylic oxidation sites excluding steroid dienone is 1. The van der Waals surface area contributed by atoms with E-state index in [0.29, 0.717) is 5.92 Å². The van der Waals surface area contributed by atoms with Crippen LogP contribution in [0.2, 0.25) is 0 Å². The van der Waals surface area contributed by atoms with Gasteiger partial charge in [0.2, 0.25) is 0 Å². The largest absolute Gasteiger partial charge is 0.487 e. The van der Waals surface area contributed by atoms with Crippen LogP contribution in [0.15, 0.2) is 30.3 Å². The Morgan fingerprint density at radius 3 is 1.94 bits per heavy atom. The minimum Gasteiger partial charge on any atom is -0.487 e. The van der Waals surface area contributed by atoms with Crippen LogP contribution in [0.1, 0.15) is 76.7 Å². The lowest BCUT2D eigenvalue weighted by Gasteiger charge is -2.37. The Bertz CT molecular complexity index is 709. The highest BCUT2D eigenvalue weighted by atomic mass is 19.4. The van der Waals surface area contributed by atoms with Crippen LogP contribution in [0.4, 0.5) is 22.0 Å². The molecule has 0 aliphatic heterocycles. The van der Waals surface area contributed by atoms with Crippen molar-refractivity contribution in [1.29, 1.82) is 0 Å². The van der Waals surface area contributed by atoms with Gasteiger partial charge in [0.05, 0.1) is 0 Å². The Balaban J connectivity index is 1.41. The first-order chi connectivity index (χ1) is 15.2. The van der Waals surface area contributed by atoms with Crippen LogP contribution in [-0.4, -0.2) is 18.7 Å². The molecule has 1 aromatic rings. The van der Waals surface area contributed by atoms with Crippen molar-refractivity contribution < 1.29 is 26.7 Å². The second kappa shape index (κ2) is 11.0. The maximum absolute atomic E-state index is 13.0. The maximum Gasteiger partial charge on any atom is 0.456 e. The Labute approximate surface area is 188 Å². The van der Waals surface area contributed by atoms with Crippen molar-refractivity contribution >= 4 is 6.08 Å². The summed E-state index contributed by atoms with van der Waals surface area (Å²) in [6.45, 7) is 0.568. The molecule has 1 aromatic carbocycles. The van der Waals surface area contributed by atoms with Crippen LogP contribution in [0.5, 0.6) is 5.75 Å². The quantitative estimate of drug-likeness (QED) is 0.354. The van der Waals surface area contributed by atoms with E-state index in [4.69, 9.17) is 0 Å². The van der Waals surface area contributed by atoms with Gasteiger partial charge in [-0.25, -0.2) is 0 Å². The molecule has 0 amide bonds. The molecule has 0 saturated heterocycles. The molecule has 2 saturated carbocycles. The molecule has 32 heavy (non-hydrogen) atoms. The fourth-order valence-electron chi connectivity index (χ4n) is 5.34. The molecule has 0 spiro atoms. The van der Waals surface area contributed by atoms with E-state index in [1.54, 1.807) is 12.1 Å². The van der Waals surface area contributed by atoms with Crippen molar-refractivity contribution in [3.8, 4) is 5.75 Å². The van der Waals surface area contributed by atoms with Crippen LogP contribution in [0, 0.1) is 23.7 Å². The predicted molar refractivity (Wildman–Crippen MR) is 118 cm³/mol. The van der Waals surface area contributed by atoms with Gasteiger partial charge in [0.1, 0.15) is 5.75 Å². The lowest BCUT2D eigenvalue weighted by molar-refractivity contribution is -0.290. The first kappa shape index (κ1) is 25.0. The third-order valence-electron chi connectivity index (χ3n) is 7.35. The zero-order valence-electron chi connectivity index (χ0n) is 18.8. The van der Waals surface area contributed by atoms with E-state index in [2.05, 4.69) is 17.7 Å². The highest BCUT2D eigenvalue weighted by Gasteiger charge is 2.58. The molecule has 3 rings (SSSR count). The number of halogens is 5. The molecule has 2 aliphatic carbocycles. The molecule has 1 nitrogen and oxygen atoms in total. The first-order valence-corrected chi connectivity index (χ1v) is 12.0. The van der Waals surface area contributed by atoms with Gasteiger partial charge in [-0.3, -0.25) is 0 Å². The van der Waals surface area contributed by atoms with Gasteiger partial charge in [-0.2, -0.15) is 22.0 Å². The molecule has 0 heterocycles. The number of rotatable bonds is 8. The normalized spacial score (nSPS) is 27.6. The summed E-state index contributed by atoms with van der Waals surface area (Å²) in [6.07, 6.45) is 11.9. The van der Waals surface area contributed by atoms with Crippen molar-refractivity contribution in [2.75, 3.05) is 6.61 Å². The third kappa shape index (κ3) is 6.95. The standard InChI is InChI=1S/C26H35F5O/c1-2-3-19-6-12-22(13-7-19)23-14-8-20(9-15-23)4-5-21-10-16-24(17-11-21)32-18-25(27,28)26(29,30)31/h4-5,10-11,16-17,19-20,22-23H,2-3,6-9,12-15,18H2,1H3/t19-,20-,22-,23-. The van der Waals surface area contributed by atoms with Crippen molar-refractivity contribution in [3.05, 3.63) is 35.9 Å². The van der Waals surface area contributed by atoms with Crippen molar-refractivity contribution in [1.82, 2.24) is 0 Å². The fraction of sp³-hybridized carbons (Fsp3) is 0.692. The molecule has 0 radical (unpaired) electrons. The minimum atomic E-state index is -5.61. The summed E-state index contributed by atoms with van der Waals surface area (Å²) in [6, 6.07) is 6.21. The summed E-state index contributed by atoms with van der Waals surface area (Å²) in [4.78, 5) is 0. The van der Waals surface area contributed by atoms with Crippen LogP contribution in [-0.2, 0) is 0 Å². The van der Waals surface area contributed by atoms with Crippen LogP contribution in [0.3, 0.4) is 0 Å². The Morgan fingerprint density at radius 2 is 1.41 bits per heavy atom. The average Bonchev–Trinajstić information content (AvgIpc) is 2.77. The molecule has 0 aromatic heterocycles. The number of hydrogen-bond acceptors (Lipinski definition) is 1. The molecule has 180 valence electrons. The van der Waals surface area contributed by atoms with E-state index in [9.17, 15) is 22.0 Å². The predicted octanol–water partition coefficient (Wildman–Crippen LogP) is 8.69. The highest BCUT2D eigenvalue weighted by Crippen LogP contribution is 2.42. The van der Waals surface area contributed by atoms with E-state index in [0.717, 1.165) is 23.3 Å². The summed E-state index contributed by atoms with van der Waals surface area (Å²) in [5.41, 5.74) is 0.885. The smallest absolute Gasteiger partial charge is 0.456 e. The van der Waals surface area contributed by atoms with Gasteiger partial charge in [-0.1, -0.05) is 56.9 Å². The van der Waals surface area contributed by atoms with Gasteiger partial charge >= 0.3 is 12.1 Å². The summed E-state index contributed by atoms with van der Waals surface area (Å²) >= 11 is 0. The maximum atomic E-state index is 13.0. The van der Waals surface area contributed by atoms with Gasteiger partial charge in [0, 0.05) is 0 Å². The lowest BCUT2D eigenvalue weighted by Crippen LogP contribution is -2.41.